The number of alkyl halides is 3. The zero-order valence-corrected chi connectivity index (χ0v) is 16.9. The number of hydrogen-bond donors (Lipinski definition) is 2. The van der Waals surface area contributed by atoms with Crippen LogP contribution in [-0.4, -0.2) is 69.9 Å². The van der Waals surface area contributed by atoms with Gasteiger partial charge in [-0.3, -0.25) is 4.79 Å². The van der Waals surface area contributed by atoms with Gasteiger partial charge in [0.25, 0.3) is 0 Å². The van der Waals surface area contributed by atoms with Crippen molar-refractivity contribution in [3.05, 3.63) is 42.1 Å². The van der Waals surface area contributed by atoms with E-state index in [0.717, 1.165) is 42.8 Å². The number of aryl methyl sites for hydroxylation is 1. The first-order valence-electron chi connectivity index (χ1n) is 9.52. The summed E-state index contributed by atoms with van der Waals surface area (Å²) in [7, 11) is 3.38. The van der Waals surface area contributed by atoms with E-state index >= 15 is 0 Å². The van der Waals surface area contributed by atoms with Crippen LogP contribution in [0.4, 0.5) is 19.0 Å². The predicted octanol–water partition coefficient (Wildman–Crippen LogP) is 1.02. The zero-order valence-electron chi connectivity index (χ0n) is 16.9. The highest BCUT2D eigenvalue weighted by molar-refractivity contribution is 5.77. The van der Waals surface area contributed by atoms with E-state index in [1.807, 2.05) is 6.07 Å². The van der Waals surface area contributed by atoms with Crippen LogP contribution in [0, 0.1) is 0 Å². The molecule has 3 heterocycles. The van der Waals surface area contributed by atoms with E-state index in [0.29, 0.717) is 5.56 Å². The molecule has 3 rings (SSSR count). The summed E-state index contributed by atoms with van der Waals surface area (Å²) in [4.78, 5) is 24.5. The molecule has 1 aliphatic rings. The molecule has 0 bridgehead atoms. The Bertz CT molecular complexity index is 862. The molecular formula is C19H25F3N6O2. The third kappa shape index (κ3) is 4.73. The van der Waals surface area contributed by atoms with Crippen LogP contribution in [-0.2, 0) is 24.0 Å². The molecule has 0 aromatic carbocycles. The van der Waals surface area contributed by atoms with Gasteiger partial charge in [-0.1, -0.05) is 6.07 Å². The Morgan fingerprint density at radius 3 is 2.40 bits per heavy atom. The Morgan fingerprint density at radius 1 is 1.17 bits per heavy atom. The van der Waals surface area contributed by atoms with Crippen molar-refractivity contribution in [2.24, 2.45) is 7.05 Å². The molecule has 2 N–H and O–H groups in total. The van der Waals surface area contributed by atoms with Crippen LogP contribution in [0.25, 0.3) is 0 Å². The molecule has 0 spiro atoms. The summed E-state index contributed by atoms with van der Waals surface area (Å²) in [6, 6.07) is 3.60. The summed E-state index contributed by atoms with van der Waals surface area (Å²) in [5.74, 6) is -0.760. The minimum absolute atomic E-state index is 0.00333. The Balaban J connectivity index is 1.60. The Hall–Kier alpha value is -2.66. The van der Waals surface area contributed by atoms with Gasteiger partial charge in [0.15, 0.2) is 5.82 Å². The van der Waals surface area contributed by atoms with Crippen molar-refractivity contribution in [3.8, 4) is 0 Å². The number of nitrogens with zero attached hydrogens (tertiary/aromatic N) is 5. The van der Waals surface area contributed by atoms with Crippen LogP contribution in [0.15, 0.2) is 30.7 Å². The first-order chi connectivity index (χ1) is 14.1. The molecule has 1 unspecified atom stereocenters. The second kappa shape index (κ2) is 8.60. The number of carbonyl (C=O) groups excluding carboxylic acids is 1. The van der Waals surface area contributed by atoms with Gasteiger partial charge in [0.05, 0.1) is 6.42 Å². The molecular weight excluding hydrogens is 401 g/mol. The lowest BCUT2D eigenvalue weighted by molar-refractivity contribution is -0.271. The van der Waals surface area contributed by atoms with E-state index < -0.39 is 29.9 Å². The third-order valence-electron chi connectivity index (χ3n) is 5.20. The highest BCUT2D eigenvalue weighted by atomic mass is 19.4. The van der Waals surface area contributed by atoms with Crippen molar-refractivity contribution in [1.29, 1.82) is 0 Å². The molecule has 2 aromatic heterocycles. The number of hydrogen-bond acceptors (Lipinski definition) is 6. The van der Waals surface area contributed by atoms with Crippen molar-refractivity contribution in [1.82, 2.24) is 24.8 Å². The monoisotopic (exact) mass is 426 g/mol. The quantitative estimate of drug-likeness (QED) is 0.718. The SMILES string of the molecule is CN1CCN(c2ccc(CNC(=O)CC(O)(c3nccn3C)C(F)(F)F)cn2)CC1. The van der Waals surface area contributed by atoms with Crippen LogP contribution in [0.5, 0.6) is 0 Å². The third-order valence-corrected chi connectivity index (χ3v) is 5.20. The Morgan fingerprint density at radius 2 is 1.87 bits per heavy atom. The van der Waals surface area contributed by atoms with E-state index in [-0.39, 0.29) is 6.54 Å². The van der Waals surface area contributed by atoms with E-state index in [1.54, 1.807) is 12.3 Å². The second-order valence-corrected chi connectivity index (χ2v) is 7.49. The fourth-order valence-electron chi connectivity index (χ4n) is 3.31. The van der Waals surface area contributed by atoms with Crippen molar-refractivity contribution >= 4 is 11.7 Å². The average Bonchev–Trinajstić information content (AvgIpc) is 3.13. The summed E-state index contributed by atoms with van der Waals surface area (Å²) in [5, 5.41) is 12.7. The van der Waals surface area contributed by atoms with Gasteiger partial charge < -0.3 is 24.8 Å². The molecule has 1 aliphatic heterocycles. The maximum atomic E-state index is 13.5. The molecule has 164 valence electrons. The number of pyridine rings is 1. The van der Waals surface area contributed by atoms with Gasteiger partial charge in [0, 0.05) is 58.4 Å². The minimum atomic E-state index is -5.06. The van der Waals surface area contributed by atoms with Gasteiger partial charge in [0.2, 0.25) is 11.5 Å². The van der Waals surface area contributed by atoms with Gasteiger partial charge in [-0.2, -0.15) is 13.2 Å². The highest BCUT2D eigenvalue weighted by Gasteiger charge is 2.58. The molecule has 8 nitrogen and oxygen atoms in total. The standard InChI is InChI=1S/C19H25F3N6O2/c1-26-7-9-28(10-8-26)15-4-3-14(12-24-15)13-25-16(29)11-18(30,19(20,21)22)17-23-5-6-27(17)2/h3-6,12,30H,7-11,13H2,1-2H3,(H,25,29). The van der Waals surface area contributed by atoms with Gasteiger partial charge in [-0.15, -0.1) is 0 Å². The molecule has 30 heavy (non-hydrogen) atoms. The Kier molecular flexibility index (Phi) is 6.32. The first kappa shape index (κ1) is 22.0. The summed E-state index contributed by atoms with van der Waals surface area (Å²) < 4.78 is 41.6. The van der Waals surface area contributed by atoms with Gasteiger partial charge in [0.1, 0.15) is 5.82 Å². The van der Waals surface area contributed by atoms with Gasteiger partial charge >= 0.3 is 6.18 Å². The van der Waals surface area contributed by atoms with Crippen LogP contribution >= 0.6 is 0 Å². The topological polar surface area (TPSA) is 86.5 Å². The minimum Gasteiger partial charge on any atom is -0.374 e. The zero-order chi connectivity index (χ0) is 21.9. The highest BCUT2D eigenvalue weighted by Crippen LogP contribution is 2.40. The smallest absolute Gasteiger partial charge is 0.374 e. The summed E-state index contributed by atoms with van der Waals surface area (Å²) in [6.45, 7) is 3.62. The first-order valence-corrected chi connectivity index (χ1v) is 9.52. The number of carbonyl (C=O) groups is 1. The molecule has 1 saturated heterocycles. The molecule has 0 saturated carbocycles. The molecule has 1 fully saturated rings. The Labute approximate surface area is 172 Å². The fraction of sp³-hybridized carbons (Fsp3) is 0.526. The van der Waals surface area contributed by atoms with Crippen molar-refractivity contribution in [3.63, 3.8) is 0 Å². The number of imidazole rings is 1. The van der Waals surface area contributed by atoms with E-state index in [1.165, 1.54) is 13.2 Å². The number of aliphatic hydroxyl groups is 1. The van der Waals surface area contributed by atoms with Crippen LogP contribution in [0.2, 0.25) is 0 Å². The number of aromatic nitrogens is 3. The molecule has 0 radical (unpaired) electrons. The van der Waals surface area contributed by atoms with Crippen molar-refractivity contribution < 1.29 is 23.1 Å². The summed E-state index contributed by atoms with van der Waals surface area (Å²) in [6.07, 6.45) is -2.25. The largest absolute Gasteiger partial charge is 0.425 e. The number of rotatable bonds is 6. The number of piperazine rings is 1. The lowest BCUT2D eigenvalue weighted by atomic mass is 9.97. The van der Waals surface area contributed by atoms with Crippen LogP contribution in [0.1, 0.15) is 17.8 Å². The van der Waals surface area contributed by atoms with Crippen LogP contribution < -0.4 is 10.2 Å². The normalized spacial score (nSPS) is 17.6. The molecule has 1 atom stereocenters. The van der Waals surface area contributed by atoms with Crippen molar-refractivity contribution in [2.75, 3.05) is 38.1 Å². The number of amides is 1. The maximum Gasteiger partial charge on any atom is 0.425 e. The molecule has 1 amide bonds. The fourth-order valence-corrected chi connectivity index (χ4v) is 3.31. The summed E-state index contributed by atoms with van der Waals surface area (Å²) in [5.41, 5.74) is -2.73. The van der Waals surface area contributed by atoms with E-state index in [9.17, 15) is 23.1 Å². The number of halogens is 3. The lowest BCUT2D eigenvalue weighted by Crippen LogP contribution is -2.47. The van der Waals surface area contributed by atoms with Crippen molar-refractivity contribution in [2.45, 2.75) is 24.7 Å². The lowest BCUT2D eigenvalue weighted by Gasteiger charge is -2.33. The van der Waals surface area contributed by atoms with Gasteiger partial charge in [-0.25, -0.2) is 9.97 Å². The average molecular weight is 426 g/mol. The molecule has 0 aliphatic carbocycles. The van der Waals surface area contributed by atoms with Crippen LogP contribution in [0.3, 0.4) is 0 Å². The molecule has 2 aromatic rings. The second-order valence-electron chi connectivity index (χ2n) is 7.49. The molecule has 11 heteroatoms. The van der Waals surface area contributed by atoms with Gasteiger partial charge in [-0.05, 0) is 18.7 Å². The van der Waals surface area contributed by atoms with E-state index in [4.69, 9.17) is 0 Å². The number of nitrogens with one attached hydrogen (secondary N) is 1. The summed E-state index contributed by atoms with van der Waals surface area (Å²) >= 11 is 0. The predicted molar refractivity (Wildman–Crippen MR) is 104 cm³/mol. The number of anilines is 1. The maximum absolute atomic E-state index is 13.5. The van der Waals surface area contributed by atoms with E-state index in [2.05, 4.69) is 32.1 Å². The number of likely N-dealkylation sites (N-methyl/N-ethyl adjacent to an activating group) is 1.